The molecule has 0 aromatic heterocycles. The van der Waals surface area contributed by atoms with Crippen molar-refractivity contribution in [3.63, 3.8) is 0 Å². The summed E-state index contributed by atoms with van der Waals surface area (Å²) in [6.07, 6.45) is 1.10. The minimum atomic E-state index is -0.511. The lowest BCUT2D eigenvalue weighted by atomic mass is 9.97. The summed E-state index contributed by atoms with van der Waals surface area (Å²) >= 11 is 6.13. The fourth-order valence-corrected chi connectivity index (χ4v) is 2.55. The molecule has 0 saturated carbocycles. The molecular formula is C18H21ClO. The van der Waals surface area contributed by atoms with E-state index in [1.807, 2.05) is 36.4 Å². The first-order chi connectivity index (χ1) is 9.56. The minimum Gasteiger partial charge on any atom is -0.388 e. The number of hydrogen-bond donors (Lipinski definition) is 1. The second-order valence-electron chi connectivity index (χ2n) is 5.65. The SMILES string of the molecule is CC(C)Cc1ccc(C(O)Cc2ccccc2Cl)cc1. The molecular weight excluding hydrogens is 268 g/mol. The maximum absolute atomic E-state index is 10.3. The molecule has 20 heavy (non-hydrogen) atoms. The van der Waals surface area contributed by atoms with Gasteiger partial charge in [0.1, 0.15) is 0 Å². The molecule has 0 amide bonds. The first-order valence-corrected chi connectivity index (χ1v) is 7.44. The molecule has 0 radical (unpaired) electrons. The molecule has 1 unspecified atom stereocenters. The van der Waals surface area contributed by atoms with Gasteiger partial charge in [0.05, 0.1) is 6.10 Å². The maximum Gasteiger partial charge on any atom is 0.0830 e. The maximum atomic E-state index is 10.3. The van der Waals surface area contributed by atoms with Gasteiger partial charge in [-0.05, 0) is 35.1 Å². The predicted molar refractivity (Wildman–Crippen MR) is 85.1 cm³/mol. The smallest absolute Gasteiger partial charge is 0.0830 e. The molecule has 1 nitrogen and oxygen atoms in total. The van der Waals surface area contributed by atoms with E-state index in [0.29, 0.717) is 17.4 Å². The molecule has 106 valence electrons. The van der Waals surface area contributed by atoms with Crippen LogP contribution < -0.4 is 0 Å². The van der Waals surface area contributed by atoms with Gasteiger partial charge < -0.3 is 5.11 Å². The van der Waals surface area contributed by atoms with Crippen LogP contribution in [0.3, 0.4) is 0 Å². The van der Waals surface area contributed by atoms with Crippen LogP contribution in [-0.2, 0) is 12.8 Å². The fourth-order valence-electron chi connectivity index (χ4n) is 2.34. The highest BCUT2D eigenvalue weighted by Gasteiger charge is 2.10. The van der Waals surface area contributed by atoms with Crippen molar-refractivity contribution in [1.29, 1.82) is 0 Å². The molecule has 0 aliphatic heterocycles. The van der Waals surface area contributed by atoms with Crippen molar-refractivity contribution >= 4 is 11.6 Å². The second kappa shape index (κ2) is 6.92. The fraction of sp³-hybridized carbons (Fsp3) is 0.333. The van der Waals surface area contributed by atoms with E-state index in [1.165, 1.54) is 5.56 Å². The summed E-state index contributed by atoms with van der Waals surface area (Å²) in [6.45, 7) is 4.42. The second-order valence-corrected chi connectivity index (χ2v) is 6.06. The van der Waals surface area contributed by atoms with Crippen molar-refractivity contribution in [2.45, 2.75) is 32.8 Å². The van der Waals surface area contributed by atoms with Crippen LogP contribution in [0.4, 0.5) is 0 Å². The number of aliphatic hydroxyl groups excluding tert-OH is 1. The molecule has 2 aromatic carbocycles. The third-order valence-corrected chi connectivity index (χ3v) is 3.75. The Balaban J connectivity index is 2.06. The number of benzene rings is 2. The van der Waals surface area contributed by atoms with Gasteiger partial charge in [-0.15, -0.1) is 0 Å². The summed E-state index contributed by atoms with van der Waals surface area (Å²) < 4.78 is 0. The zero-order valence-electron chi connectivity index (χ0n) is 12.0. The molecule has 0 spiro atoms. The third kappa shape index (κ3) is 4.09. The van der Waals surface area contributed by atoms with Gasteiger partial charge in [-0.1, -0.05) is 67.9 Å². The molecule has 0 aliphatic carbocycles. The predicted octanol–water partition coefficient (Wildman–Crippen LogP) is 4.81. The zero-order chi connectivity index (χ0) is 14.5. The van der Waals surface area contributed by atoms with E-state index in [2.05, 4.69) is 26.0 Å². The van der Waals surface area contributed by atoms with Crippen molar-refractivity contribution in [3.05, 3.63) is 70.2 Å². The lowest BCUT2D eigenvalue weighted by Gasteiger charge is -2.13. The van der Waals surface area contributed by atoms with E-state index in [0.717, 1.165) is 17.5 Å². The van der Waals surface area contributed by atoms with E-state index < -0.39 is 6.10 Å². The molecule has 1 atom stereocenters. The lowest BCUT2D eigenvalue weighted by Crippen LogP contribution is -2.03. The van der Waals surface area contributed by atoms with Crippen molar-refractivity contribution in [2.75, 3.05) is 0 Å². The summed E-state index contributed by atoms with van der Waals surface area (Å²) in [6, 6.07) is 15.9. The molecule has 2 aromatic rings. The summed E-state index contributed by atoms with van der Waals surface area (Å²) in [5.41, 5.74) is 3.24. The Labute approximate surface area is 126 Å². The Morgan fingerprint density at radius 2 is 1.60 bits per heavy atom. The lowest BCUT2D eigenvalue weighted by molar-refractivity contribution is 0.178. The Morgan fingerprint density at radius 1 is 0.950 bits per heavy atom. The quantitative estimate of drug-likeness (QED) is 0.837. The van der Waals surface area contributed by atoms with Gasteiger partial charge in [0.2, 0.25) is 0 Å². The van der Waals surface area contributed by atoms with E-state index in [1.54, 1.807) is 0 Å². The van der Waals surface area contributed by atoms with E-state index in [9.17, 15) is 5.11 Å². The average molecular weight is 289 g/mol. The van der Waals surface area contributed by atoms with Crippen LogP contribution in [0.1, 0.15) is 36.6 Å². The van der Waals surface area contributed by atoms with Crippen LogP contribution in [0.2, 0.25) is 5.02 Å². The summed E-state index contributed by atoms with van der Waals surface area (Å²) in [5, 5.41) is 11.0. The third-order valence-electron chi connectivity index (χ3n) is 3.38. The van der Waals surface area contributed by atoms with E-state index in [-0.39, 0.29) is 0 Å². The normalized spacial score (nSPS) is 12.7. The van der Waals surface area contributed by atoms with Gasteiger partial charge in [-0.3, -0.25) is 0 Å². The highest BCUT2D eigenvalue weighted by Crippen LogP contribution is 2.24. The van der Waals surface area contributed by atoms with E-state index in [4.69, 9.17) is 11.6 Å². The number of aliphatic hydroxyl groups is 1. The summed E-state index contributed by atoms with van der Waals surface area (Å²) in [5.74, 6) is 0.647. The Hall–Kier alpha value is -1.31. The minimum absolute atomic E-state index is 0.511. The van der Waals surface area contributed by atoms with E-state index >= 15 is 0 Å². The topological polar surface area (TPSA) is 20.2 Å². The average Bonchev–Trinajstić information content (AvgIpc) is 2.41. The van der Waals surface area contributed by atoms with Crippen molar-refractivity contribution in [3.8, 4) is 0 Å². The molecule has 0 aliphatic rings. The highest BCUT2D eigenvalue weighted by atomic mass is 35.5. The van der Waals surface area contributed by atoms with Crippen molar-refractivity contribution < 1.29 is 5.11 Å². The molecule has 2 heteroatoms. The molecule has 0 bridgehead atoms. The zero-order valence-corrected chi connectivity index (χ0v) is 12.8. The molecule has 2 rings (SSSR count). The first kappa shape index (κ1) is 15.1. The Morgan fingerprint density at radius 3 is 2.20 bits per heavy atom. The largest absolute Gasteiger partial charge is 0.388 e. The Kier molecular flexibility index (Phi) is 5.22. The molecule has 0 saturated heterocycles. The standard InChI is InChI=1S/C18H21ClO/c1-13(2)11-14-7-9-15(10-8-14)18(20)12-16-5-3-4-6-17(16)19/h3-10,13,18,20H,11-12H2,1-2H3. The molecule has 0 fully saturated rings. The van der Waals surface area contributed by atoms with Crippen LogP contribution in [-0.4, -0.2) is 5.11 Å². The summed E-state index contributed by atoms with van der Waals surface area (Å²) in [7, 11) is 0. The van der Waals surface area contributed by atoms with Gasteiger partial charge in [0.15, 0.2) is 0 Å². The Bertz CT molecular complexity index is 546. The number of halogens is 1. The van der Waals surface area contributed by atoms with Crippen LogP contribution in [0.15, 0.2) is 48.5 Å². The van der Waals surface area contributed by atoms with Crippen LogP contribution >= 0.6 is 11.6 Å². The monoisotopic (exact) mass is 288 g/mol. The van der Waals surface area contributed by atoms with Gasteiger partial charge in [-0.2, -0.15) is 0 Å². The van der Waals surface area contributed by atoms with Crippen LogP contribution in [0, 0.1) is 5.92 Å². The van der Waals surface area contributed by atoms with Gasteiger partial charge >= 0.3 is 0 Å². The molecule has 1 N–H and O–H groups in total. The highest BCUT2D eigenvalue weighted by molar-refractivity contribution is 6.31. The van der Waals surface area contributed by atoms with Gasteiger partial charge in [0.25, 0.3) is 0 Å². The van der Waals surface area contributed by atoms with Gasteiger partial charge in [0, 0.05) is 11.4 Å². The van der Waals surface area contributed by atoms with Crippen molar-refractivity contribution in [2.24, 2.45) is 5.92 Å². The number of hydrogen-bond acceptors (Lipinski definition) is 1. The molecule has 0 heterocycles. The van der Waals surface area contributed by atoms with Gasteiger partial charge in [-0.25, -0.2) is 0 Å². The van der Waals surface area contributed by atoms with Crippen molar-refractivity contribution in [1.82, 2.24) is 0 Å². The summed E-state index contributed by atoms with van der Waals surface area (Å²) in [4.78, 5) is 0. The van der Waals surface area contributed by atoms with Crippen LogP contribution in [0.5, 0.6) is 0 Å². The van der Waals surface area contributed by atoms with Crippen LogP contribution in [0.25, 0.3) is 0 Å². The number of rotatable bonds is 5. The first-order valence-electron chi connectivity index (χ1n) is 7.06.